The first-order valence-electron chi connectivity index (χ1n) is 10.3. The Morgan fingerprint density at radius 2 is 2.00 bits per heavy atom. The van der Waals surface area contributed by atoms with Crippen LogP contribution in [0, 0.1) is 0 Å². The van der Waals surface area contributed by atoms with Crippen LogP contribution in [0.15, 0.2) is 56.3 Å². The number of carbonyl (C=O) groups is 1. The molecule has 1 saturated heterocycles. The van der Waals surface area contributed by atoms with E-state index in [-0.39, 0.29) is 17.2 Å². The summed E-state index contributed by atoms with van der Waals surface area (Å²) in [5.74, 6) is 0.472. The van der Waals surface area contributed by atoms with Crippen LogP contribution in [-0.2, 0) is 6.42 Å². The van der Waals surface area contributed by atoms with Crippen LogP contribution >= 0.6 is 0 Å². The lowest BCUT2D eigenvalue weighted by atomic mass is 10.1. The Bertz CT molecular complexity index is 1030. The summed E-state index contributed by atoms with van der Waals surface area (Å²) in [6, 6.07) is 10.5. The second-order valence-corrected chi connectivity index (χ2v) is 7.50. The summed E-state index contributed by atoms with van der Waals surface area (Å²) in [5, 5.41) is 3.43. The van der Waals surface area contributed by atoms with Crippen molar-refractivity contribution in [1.82, 2.24) is 10.2 Å². The molecule has 1 amide bonds. The average Bonchev–Trinajstić information content (AvgIpc) is 3.29. The Morgan fingerprint density at radius 3 is 2.72 bits per heavy atom. The van der Waals surface area contributed by atoms with E-state index in [1.807, 2.05) is 31.2 Å². The molecular weight excluding hydrogens is 368 g/mol. The van der Waals surface area contributed by atoms with Gasteiger partial charge >= 0.3 is 0 Å². The second-order valence-electron chi connectivity index (χ2n) is 7.50. The van der Waals surface area contributed by atoms with Crippen LogP contribution in [0.3, 0.4) is 0 Å². The van der Waals surface area contributed by atoms with Gasteiger partial charge in [-0.3, -0.25) is 14.5 Å². The summed E-state index contributed by atoms with van der Waals surface area (Å²) in [4.78, 5) is 27.5. The maximum absolute atomic E-state index is 12.7. The van der Waals surface area contributed by atoms with Crippen molar-refractivity contribution in [3.63, 3.8) is 0 Å². The molecule has 0 aliphatic carbocycles. The number of likely N-dealkylation sites (tertiary alicyclic amines) is 1. The van der Waals surface area contributed by atoms with E-state index in [1.165, 1.54) is 12.5 Å². The number of benzene rings is 1. The zero-order valence-electron chi connectivity index (χ0n) is 16.6. The monoisotopic (exact) mass is 394 g/mol. The van der Waals surface area contributed by atoms with Gasteiger partial charge in [0.05, 0.1) is 17.7 Å². The summed E-state index contributed by atoms with van der Waals surface area (Å²) in [6.07, 6.45) is 6.01. The number of nitrogens with one attached hydrogen (secondary N) is 1. The normalized spacial score (nSPS) is 16.0. The number of rotatable bonds is 6. The van der Waals surface area contributed by atoms with Gasteiger partial charge in [0.1, 0.15) is 11.3 Å². The van der Waals surface area contributed by atoms with Gasteiger partial charge in [-0.2, -0.15) is 0 Å². The number of fused-ring (bicyclic) bond motifs is 1. The molecule has 1 aliphatic rings. The molecule has 0 bridgehead atoms. The number of nitrogens with zero attached hydrogens (tertiary/aromatic N) is 1. The number of amides is 1. The van der Waals surface area contributed by atoms with Crippen LogP contribution in [0.2, 0.25) is 0 Å². The van der Waals surface area contributed by atoms with Gasteiger partial charge in [0, 0.05) is 12.6 Å². The number of carbonyl (C=O) groups excluding carboxylic acids is 1. The van der Waals surface area contributed by atoms with Gasteiger partial charge in [-0.05, 0) is 62.2 Å². The summed E-state index contributed by atoms with van der Waals surface area (Å²) in [6.45, 7) is 4.38. The maximum atomic E-state index is 12.7. The van der Waals surface area contributed by atoms with E-state index in [2.05, 4.69) is 10.2 Å². The third-order valence-corrected chi connectivity index (χ3v) is 5.58. The first-order valence-corrected chi connectivity index (χ1v) is 10.3. The van der Waals surface area contributed by atoms with E-state index >= 15 is 0 Å². The van der Waals surface area contributed by atoms with Crippen LogP contribution < -0.4 is 10.7 Å². The van der Waals surface area contributed by atoms with Crippen LogP contribution in [-0.4, -0.2) is 30.4 Å². The lowest BCUT2D eigenvalue weighted by Gasteiger charge is -2.33. The second kappa shape index (κ2) is 8.66. The van der Waals surface area contributed by atoms with Gasteiger partial charge in [0.25, 0.3) is 5.91 Å². The van der Waals surface area contributed by atoms with Crippen LogP contribution in [0.4, 0.5) is 0 Å². The van der Waals surface area contributed by atoms with E-state index in [4.69, 9.17) is 8.83 Å². The number of hydrogen-bond donors (Lipinski definition) is 1. The fourth-order valence-corrected chi connectivity index (χ4v) is 3.93. The molecule has 4 rings (SSSR count). The molecule has 29 heavy (non-hydrogen) atoms. The molecule has 6 heteroatoms. The summed E-state index contributed by atoms with van der Waals surface area (Å²) in [7, 11) is 0. The number of piperidine rings is 1. The van der Waals surface area contributed by atoms with Crippen molar-refractivity contribution in [2.75, 3.05) is 19.6 Å². The third-order valence-electron chi connectivity index (χ3n) is 5.58. The van der Waals surface area contributed by atoms with Gasteiger partial charge in [-0.25, -0.2) is 0 Å². The minimum absolute atomic E-state index is 0.0311. The smallest absolute Gasteiger partial charge is 0.287 e. The highest BCUT2D eigenvalue weighted by atomic mass is 16.3. The molecule has 2 aromatic heterocycles. The van der Waals surface area contributed by atoms with Crippen LogP contribution in [0.25, 0.3) is 11.0 Å². The molecule has 0 saturated carbocycles. The van der Waals surface area contributed by atoms with Crippen molar-refractivity contribution in [1.29, 1.82) is 0 Å². The topological polar surface area (TPSA) is 75.7 Å². The van der Waals surface area contributed by atoms with Gasteiger partial charge in [0.15, 0.2) is 11.2 Å². The van der Waals surface area contributed by atoms with Crippen molar-refractivity contribution >= 4 is 16.9 Å². The average molecular weight is 394 g/mol. The molecule has 3 heterocycles. The Labute approximate surface area is 169 Å². The molecule has 1 fully saturated rings. The minimum atomic E-state index is -0.392. The molecule has 0 spiro atoms. The van der Waals surface area contributed by atoms with Crippen molar-refractivity contribution < 1.29 is 13.6 Å². The number of hydrogen-bond acceptors (Lipinski definition) is 5. The molecule has 1 N–H and O–H groups in total. The number of furan rings is 1. The molecular formula is C23H26N2O4. The standard InChI is InChI=1S/C23H26N2O4/c1-2-16-8-9-20-17(13-16)19(26)14-22(29-20)23(27)24-15-18(21-7-6-12-28-21)25-10-4-3-5-11-25/h6-9,12-14,18H,2-5,10-11,15H2,1H3,(H,24,27)/t18-/m0/s1. The highest BCUT2D eigenvalue weighted by Gasteiger charge is 2.25. The molecule has 1 aromatic carbocycles. The van der Waals surface area contributed by atoms with Crippen molar-refractivity contribution in [2.24, 2.45) is 0 Å². The molecule has 152 valence electrons. The molecule has 6 nitrogen and oxygen atoms in total. The summed E-state index contributed by atoms with van der Waals surface area (Å²) < 4.78 is 11.3. The van der Waals surface area contributed by atoms with E-state index < -0.39 is 5.91 Å². The van der Waals surface area contributed by atoms with E-state index in [0.29, 0.717) is 17.5 Å². The highest BCUT2D eigenvalue weighted by molar-refractivity contribution is 5.93. The van der Waals surface area contributed by atoms with Gasteiger partial charge < -0.3 is 14.2 Å². The first-order chi connectivity index (χ1) is 14.2. The zero-order chi connectivity index (χ0) is 20.2. The molecule has 1 atom stereocenters. The van der Waals surface area contributed by atoms with Crippen LogP contribution in [0.5, 0.6) is 0 Å². The van der Waals surface area contributed by atoms with Gasteiger partial charge in [-0.15, -0.1) is 0 Å². The highest BCUT2D eigenvalue weighted by Crippen LogP contribution is 2.24. The van der Waals surface area contributed by atoms with Gasteiger partial charge in [-0.1, -0.05) is 19.4 Å². The van der Waals surface area contributed by atoms with Crippen molar-refractivity contribution in [2.45, 2.75) is 38.6 Å². The maximum Gasteiger partial charge on any atom is 0.287 e. The molecule has 0 radical (unpaired) electrons. The number of aryl methyl sites for hydroxylation is 1. The Morgan fingerprint density at radius 1 is 1.17 bits per heavy atom. The predicted octanol–water partition coefficient (Wildman–Crippen LogP) is 3.91. The quantitative estimate of drug-likeness (QED) is 0.686. The lowest BCUT2D eigenvalue weighted by molar-refractivity contribution is 0.0888. The van der Waals surface area contributed by atoms with E-state index in [1.54, 1.807) is 12.3 Å². The largest absolute Gasteiger partial charge is 0.468 e. The van der Waals surface area contributed by atoms with Crippen LogP contribution in [0.1, 0.15) is 54.1 Å². The zero-order valence-corrected chi connectivity index (χ0v) is 16.6. The fraction of sp³-hybridized carbons (Fsp3) is 0.391. The van der Waals surface area contributed by atoms with Crippen molar-refractivity contribution in [3.05, 3.63) is 70.0 Å². The fourth-order valence-electron chi connectivity index (χ4n) is 3.93. The van der Waals surface area contributed by atoms with E-state index in [0.717, 1.165) is 43.7 Å². The minimum Gasteiger partial charge on any atom is -0.468 e. The van der Waals surface area contributed by atoms with Gasteiger partial charge in [0.2, 0.25) is 0 Å². The molecule has 3 aromatic rings. The Kier molecular flexibility index (Phi) is 5.81. The summed E-state index contributed by atoms with van der Waals surface area (Å²) >= 11 is 0. The third kappa shape index (κ3) is 4.27. The summed E-state index contributed by atoms with van der Waals surface area (Å²) in [5.41, 5.74) is 1.29. The van der Waals surface area contributed by atoms with E-state index in [9.17, 15) is 9.59 Å². The van der Waals surface area contributed by atoms with Crippen molar-refractivity contribution in [3.8, 4) is 0 Å². The Hall–Kier alpha value is -2.86. The molecule has 0 unspecified atom stereocenters. The SMILES string of the molecule is CCc1ccc2oc(C(=O)NC[C@@H](c3ccco3)N3CCCCC3)cc(=O)c2c1. The lowest BCUT2D eigenvalue weighted by Crippen LogP contribution is -2.40. The molecule has 1 aliphatic heterocycles. The predicted molar refractivity (Wildman–Crippen MR) is 111 cm³/mol. The Balaban J connectivity index is 1.52. The first kappa shape index (κ1) is 19.5.